The summed E-state index contributed by atoms with van der Waals surface area (Å²) in [5.41, 5.74) is 35.1. The molecule has 0 fully saturated rings. The number of aromatic nitrogens is 3. The maximum absolute atomic E-state index is 8.08. The number of para-hydroxylation sites is 5. The van der Waals surface area contributed by atoms with Crippen molar-refractivity contribution in [3.05, 3.63) is 523 Å². The average Bonchev–Trinajstić information content (AvgIpc) is 1.58. The van der Waals surface area contributed by atoms with Crippen molar-refractivity contribution < 1.29 is 8.83 Å². The molecule has 6 aromatic heterocycles. The summed E-state index contributed by atoms with van der Waals surface area (Å²) in [6, 6.07) is 156. The Kier molecular flexibility index (Phi) is 21.2. The largest absolute Gasteiger partial charge is 0.456 e. The van der Waals surface area contributed by atoms with Gasteiger partial charge in [-0.15, -0.1) is 11.3 Å². The zero-order valence-electron chi connectivity index (χ0n) is 77.1. The minimum absolute atomic E-state index is 0.552. The molecule has 0 aliphatic carbocycles. The molecule has 21 aromatic carbocycles. The van der Waals surface area contributed by atoms with Crippen molar-refractivity contribution in [2.75, 3.05) is 0 Å². The second-order valence-corrected chi connectivity index (χ2v) is 37.0. The maximum Gasteiger partial charge on any atom is 0.189 e. The van der Waals surface area contributed by atoms with Crippen LogP contribution in [0.1, 0.15) is 0 Å². The SMILES string of the molecule is [C-]#[N+]c1cc(-c2cc(-c3cccc(-c4ccccc4)c3)c3oc4ccccc4c3c2)cc(-n2c3ccccc3c3cc([N+]#[C-])ccc32)c1.[C-]#[N+]c1cc(-c2cc(-c3cccc(-c4ccccc4)c3)c3sc4ccccc4c3c2)cc(-n2c3ccccc3c3cc([N+]#[C-])ccc32)c1.[C-]#[N+]c1cc(-c2cc(-c3ccccc3)cc(-c3ccc4oc5ccccc5c4c3)c2)cc(-n2c3ccccc3c3cc([N+]#[C-])ccc32)c1. The summed E-state index contributed by atoms with van der Waals surface area (Å²) in [7, 11) is 0. The first-order valence-electron chi connectivity index (χ1n) is 47.2. The Balaban J connectivity index is 0.000000113. The number of fused-ring (bicyclic) bond motifs is 18. The lowest BCUT2D eigenvalue weighted by Crippen LogP contribution is -1.95. The molecule has 144 heavy (non-hydrogen) atoms. The van der Waals surface area contributed by atoms with Gasteiger partial charge in [0.15, 0.2) is 34.1 Å². The first kappa shape index (κ1) is 85.4. The van der Waals surface area contributed by atoms with Gasteiger partial charge < -0.3 is 22.5 Å². The van der Waals surface area contributed by atoms with Crippen LogP contribution in [0, 0.1) is 39.4 Å². The lowest BCUT2D eigenvalue weighted by molar-refractivity contribution is 0.669. The van der Waals surface area contributed by atoms with E-state index in [0.717, 1.165) is 210 Å². The minimum Gasteiger partial charge on any atom is -0.456 e. The van der Waals surface area contributed by atoms with E-state index in [2.05, 4.69) is 316 Å². The van der Waals surface area contributed by atoms with Crippen molar-refractivity contribution in [1.29, 1.82) is 0 Å². The van der Waals surface area contributed by atoms with Crippen molar-refractivity contribution in [3.8, 4) is 117 Å². The van der Waals surface area contributed by atoms with Gasteiger partial charge in [-0.05, 0) is 299 Å². The molecule has 27 rings (SSSR count). The fraction of sp³-hybridized carbons (Fsp3) is 0. The van der Waals surface area contributed by atoms with Crippen LogP contribution in [0.5, 0.6) is 0 Å². The minimum atomic E-state index is 0.552. The highest BCUT2D eigenvalue weighted by Gasteiger charge is 2.25. The summed E-state index contributed by atoms with van der Waals surface area (Å²) in [4.78, 5) is 22.8. The summed E-state index contributed by atoms with van der Waals surface area (Å²) in [6.45, 7) is 47.0. The van der Waals surface area contributed by atoms with E-state index >= 15 is 0 Å². The van der Waals surface area contributed by atoms with Crippen LogP contribution in [-0.2, 0) is 0 Å². The lowest BCUT2D eigenvalue weighted by Gasteiger charge is -2.14. The van der Waals surface area contributed by atoms with E-state index in [0.29, 0.717) is 34.1 Å². The van der Waals surface area contributed by atoms with E-state index in [1.807, 2.05) is 193 Å². The summed E-state index contributed by atoms with van der Waals surface area (Å²) >= 11 is 1.83. The number of hydrogen-bond acceptors (Lipinski definition) is 3. The van der Waals surface area contributed by atoms with Gasteiger partial charge in [0.1, 0.15) is 22.3 Å². The number of nitrogens with zero attached hydrogens (tertiary/aromatic N) is 9. The summed E-state index contributed by atoms with van der Waals surface area (Å²) in [5, 5.41) is 13.0. The number of rotatable bonds is 12. The molecular formula is C132H75N9O2S. The van der Waals surface area contributed by atoms with Gasteiger partial charge >= 0.3 is 0 Å². The Bertz CT molecular complexity index is 9890. The van der Waals surface area contributed by atoms with Gasteiger partial charge in [-0.25, -0.2) is 29.1 Å². The Morgan fingerprint density at radius 3 is 0.951 bits per heavy atom. The van der Waals surface area contributed by atoms with Crippen LogP contribution in [0.15, 0.2) is 464 Å². The van der Waals surface area contributed by atoms with Crippen LogP contribution in [0.25, 0.3) is 276 Å². The fourth-order valence-corrected chi connectivity index (χ4v) is 22.1. The molecule has 0 N–H and O–H groups in total. The zero-order chi connectivity index (χ0) is 96.6. The predicted molar refractivity (Wildman–Crippen MR) is 596 cm³/mol. The molecule has 12 heteroatoms. The van der Waals surface area contributed by atoms with Gasteiger partial charge in [0.25, 0.3) is 0 Å². The van der Waals surface area contributed by atoms with Crippen LogP contribution in [-0.4, -0.2) is 13.7 Å². The van der Waals surface area contributed by atoms with Crippen LogP contribution in [0.3, 0.4) is 0 Å². The maximum atomic E-state index is 8.08. The summed E-state index contributed by atoms with van der Waals surface area (Å²) in [5.74, 6) is 0. The van der Waals surface area contributed by atoms with E-state index in [-0.39, 0.29) is 0 Å². The van der Waals surface area contributed by atoms with E-state index < -0.39 is 0 Å². The topological polar surface area (TPSA) is 67.2 Å². The number of furan rings is 2. The molecule has 27 aromatic rings. The molecular weight excluding hydrogens is 1780 g/mol. The quantitative estimate of drug-likeness (QED) is 0.114. The van der Waals surface area contributed by atoms with Crippen LogP contribution in [0.2, 0.25) is 0 Å². The van der Waals surface area contributed by atoms with Crippen molar-refractivity contribution >= 4 is 175 Å². The average molecular weight is 1850 g/mol. The highest BCUT2D eigenvalue weighted by Crippen LogP contribution is 2.50. The normalized spacial score (nSPS) is 11.3. The molecule has 0 spiro atoms. The van der Waals surface area contributed by atoms with Gasteiger partial charge in [0.05, 0.1) is 72.5 Å². The number of benzene rings is 21. The Hall–Kier alpha value is -20.2. The molecule has 6 heterocycles. The second kappa shape index (κ2) is 35.7. The Labute approximate surface area is 832 Å². The summed E-state index contributed by atoms with van der Waals surface area (Å²) < 4.78 is 21.8. The van der Waals surface area contributed by atoms with Crippen LogP contribution in [0.4, 0.5) is 34.1 Å². The van der Waals surface area contributed by atoms with E-state index in [9.17, 15) is 0 Å². The molecule has 0 aliphatic rings. The van der Waals surface area contributed by atoms with E-state index in [4.69, 9.17) is 48.3 Å². The highest BCUT2D eigenvalue weighted by atomic mass is 32.1. The van der Waals surface area contributed by atoms with Gasteiger partial charge in [-0.1, -0.05) is 261 Å². The smallest absolute Gasteiger partial charge is 0.189 e. The first-order chi connectivity index (χ1) is 71.0. The van der Waals surface area contributed by atoms with Crippen LogP contribution < -0.4 is 0 Å². The number of thiophene rings is 1. The van der Waals surface area contributed by atoms with Crippen molar-refractivity contribution in [3.63, 3.8) is 0 Å². The third-order valence-electron chi connectivity index (χ3n) is 27.5. The summed E-state index contributed by atoms with van der Waals surface area (Å²) in [6.07, 6.45) is 0. The standard InChI is InChI=1S/2C44H25N3O.C44H25N3S/c1-45-33-19-20-42-39(27-33)36-15-6-8-17-41(36)47(42)35-23-31(22-34(26-35)46-2)32-24-38(44-40(25-32)37-16-7-9-18-43(37)48-44)30-14-10-13-29(21-30)28-11-4-3-5-12-28;1-45-34-17-18-42-39(27-34)37-12-6-8-14-41(37)47(42)36-24-33(23-35(26-36)46-2)32-21-30(28-10-4-3-5-11-28)20-31(22-32)29-16-19-44-40(25-29)38-13-7-9-15-43(38)48-44;1-45-33-19-20-42-39(27-33)36-15-6-8-17-41(36)47(42)35-23-31(22-34(26-35)46-2)32-24-38(44-40(25-32)37-16-7-9-18-43(37)48-44)30-14-10-13-29(21-30)28-11-4-3-5-12-28/h3*3-27H. The fourth-order valence-electron chi connectivity index (χ4n) is 20.9. The third kappa shape index (κ3) is 15.2. The molecule has 666 valence electrons. The predicted octanol–water partition coefficient (Wildman–Crippen LogP) is 38.8. The molecule has 11 nitrogen and oxygen atoms in total. The molecule has 0 unspecified atom stereocenters. The Morgan fingerprint density at radius 1 is 0.174 bits per heavy atom. The monoisotopic (exact) mass is 1850 g/mol. The zero-order valence-corrected chi connectivity index (χ0v) is 77.9. The molecule has 0 aliphatic heterocycles. The van der Waals surface area contributed by atoms with Gasteiger partial charge in [-0.2, -0.15) is 0 Å². The van der Waals surface area contributed by atoms with Gasteiger partial charge in [0.2, 0.25) is 0 Å². The third-order valence-corrected chi connectivity index (χ3v) is 28.7. The molecule has 0 amide bonds. The molecule has 0 saturated heterocycles. The van der Waals surface area contributed by atoms with Gasteiger partial charge in [0, 0.05) is 86.1 Å². The van der Waals surface area contributed by atoms with Crippen LogP contribution >= 0.6 is 11.3 Å². The van der Waals surface area contributed by atoms with Crippen molar-refractivity contribution in [1.82, 2.24) is 13.7 Å². The van der Waals surface area contributed by atoms with Crippen molar-refractivity contribution in [2.45, 2.75) is 0 Å². The van der Waals surface area contributed by atoms with Crippen molar-refractivity contribution in [2.24, 2.45) is 0 Å². The van der Waals surface area contributed by atoms with Gasteiger partial charge in [-0.3, -0.25) is 0 Å². The highest BCUT2D eigenvalue weighted by molar-refractivity contribution is 7.26. The van der Waals surface area contributed by atoms with E-state index in [1.165, 1.54) is 36.9 Å². The van der Waals surface area contributed by atoms with E-state index in [1.54, 1.807) is 0 Å². The Morgan fingerprint density at radius 2 is 0.486 bits per heavy atom. The number of hydrogen-bond donors (Lipinski definition) is 0. The molecule has 0 radical (unpaired) electrons. The second-order valence-electron chi connectivity index (χ2n) is 35.9. The molecule has 0 atom stereocenters. The first-order valence-corrected chi connectivity index (χ1v) is 48.0. The molecule has 0 bridgehead atoms. The lowest BCUT2D eigenvalue weighted by atomic mass is 9.92. The molecule has 0 saturated carbocycles.